The van der Waals surface area contributed by atoms with Crippen molar-refractivity contribution in [2.45, 2.75) is 45.2 Å². The van der Waals surface area contributed by atoms with Crippen LogP contribution in [-0.4, -0.2) is 36.0 Å². The fourth-order valence-corrected chi connectivity index (χ4v) is 2.83. The molecule has 1 N–H and O–H groups in total. The molecule has 1 aliphatic heterocycles. The van der Waals surface area contributed by atoms with Gasteiger partial charge in [-0.1, -0.05) is 6.07 Å². The van der Waals surface area contributed by atoms with E-state index in [-0.39, 0.29) is 5.91 Å². The van der Waals surface area contributed by atoms with Gasteiger partial charge in [-0.2, -0.15) is 0 Å². The van der Waals surface area contributed by atoms with Gasteiger partial charge in [-0.05, 0) is 44.4 Å². The van der Waals surface area contributed by atoms with Crippen molar-refractivity contribution in [1.29, 1.82) is 0 Å². The lowest BCUT2D eigenvalue weighted by Crippen LogP contribution is -2.55. The second-order valence-electron chi connectivity index (χ2n) is 5.87. The molecule has 0 unspecified atom stereocenters. The van der Waals surface area contributed by atoms with Gasteiger partial charge >= 0.3 is 0 Å². The molecular formula is C16H22F2N2O. The van der Waals surface area contributed by atoms with Gasteiger partial charge in [0.15, 0.2) is 11.6 Å². The second kappa shape index (κ2) is 6.98. The number of nitrogens with one attached hydrogen (secondary N) is 1. The van der Waals surface area contributed by atoms with Crippen LogP contribution in [0.3, 0.4) is 0 Å². The van der Waals surface area contributed by atoms with E-state index in [1.807, 2.05) is 4.90 Å². The van der Waals surface area contributed by atoms with Crippen LogP contribution in [0.1, 0.15) is 32.3 Å². The maximum absolute atomic E-state index is 13.1. The van der Waals surface area contributed by atoms with Crippen molar-refractivity contribution in [2.75, 3.05) is 13.1 Å². The van der Waals surface area contributed by atoms with Gasteiger partial charge in [0.2, 0.25) is 5.91 Å². The zero-order chi connectivity index (χ0) is 15.4. The molecule has 1 aliphatic rings. The van der Waals surface area contributed by atoms with E-state index in [4.69, 9.17) is 0 Å². The lowest BCUT2D eigenvalue weighted by atomic mass is 10.1. The predicted molar refractivity (Wildman–Crippen MR) is 77.9 cm³/mol. The lowest BCUT2D eigenvalue weighted by molar-refractivity contribution is -0.133. The Labute approximate surface area is 124 Å². The standard InChI is InChI=1S/C16H22F2N2O/c1-11-9-20(10-12(2)19-11)16(21)5-3-4-13-6-7-14(17)15(18)8-13/h6-8,11-12,19H,3-5,9-10H2,1-2H3/t11-,12-/m0/s1. The third kappa shape index (κ3) is 4.49. The Bertz CT molecular complexity index is 497. The van der Waals surface area contributed by atoms with Gasteiger partial charge in [0.25, 0.3) is 0 Å². The summed E-state index contributed by atoms with van der Waals surface area (Å²) in [5.41, 5.74) is 0.726. The quantitative estimate of drug-likeness (QED) is 0.926. The van der Waals surface area contributed by atoms with Crippen LogP contribution in [0.5, 0.6) is 0 Å². The number of benzene rings is 1. The summed E-state index contributed by atoms with van der Waals surface area (Å²) in [7, 11) is 0. The largest absolute Gasteiger partial charge is 0.340 e. The first kappa shape index (κ1) is 15.9. The van der Waals surface area contributed by atoms with Crippen molar-refractivity contribution >= 4 is 5.91 Å². The summed E-state index contributed by atoms with van der Waals surface area (Å²) in [6.07, 6.45) is 1.68. The highest BCUT2D eigenvalue weighted by atomic mass is 19.2. The average molecular weight is 296 g/mol. The molecule has 2 rings (SSSR count). The van der Waals surface area contributed by atoms with Crippen LogP contribution in [0.15, 0.2) is 18.2 Å². The molecule has 3 nitrogen and oxygen atoms in total. The molecule has 1 saturated heterocycles. The van der Waals surface area contributed by atoms with Gasteiger partial charge in [-0.25, -0.2) is 8.78 Å². The van der Waals surface area contributed by atoms with Crippen molar-refractivity contribution in [1.82, 2.24) is 10.2 Å². The molecule has 21 heavy (non-hydrogen) atoms. The van der Waals surface area contributed by atoms with Crippen LogP contribution in [0.4, 0.5) is 8.78 Å². The number of hydrogen-bond acceptors (Lipinski definition) is 2. The molecule has 1 heterocycles. The summed E-state index contributed by atoms with van der Waals surface area (Å²) in [5, 5.41) is 3.39. The summed E-state index contributed by atoms with van der Waals surface area (Å²) in [5.74, 6) is -1.53. The Morgan fingerprint density at radius 1 is 1.24 bits per heavy atom. The Morgan fingerprint density at radius 2 is 1.90 bits per heavy atom. The molecule has 0 spiro atoms. The summed E-state index contributed by atoms with van der Waals surface area (Å²) in [6.45, 7) is 5.59. The normalized spacial score (nSPS) is 22.4. The van der Waals surface area contributed by atoms with Crippen LogP contribution in [-0.2, 0) is 11.2 Å². The van der Waals surface area contributed by atoms with Crippen LogP contribution in [0.25, 0.3) is 0 Å². The van der Waals surface area contributed by atoms with E-state index in [0.717, 1.165) is 24.7 Å². The molecule has 0 bridgehead atoms. The topological polar surface area (TPSA) is 32.3 Å². The van der Waals surface area contributed by atoms with Gasteiger partial charge in [0.1, 0.15) is 0 Å². The molecule has 0 aromatic heterocycles. The Hall–Kier alpha value is -1.49. The molecule has 5 heteroatoms. The minimum Gasteiger partial charge on any atom is -0.340 e. The molecule has 0 saturated carbocycles. The van der Waals surface area contributed by atoms with E-state index >= 15 is 0 Å². The van der Waals surface area contributed by atoms with Gasteiger partial charge < -0.3 is 10.2 Å². The second-order valence-corrected chi connectivity index (χ2v) is 5.87. The predicted octanol–water partition coefficient (Wildman–Crippen LogP) is 2.50. The van der Waals surface area contributed by atoms with Gasteiger partial charge in [0, 0.05) is 31.6 Å². The highest BCUT2D eigenvalue weighted by Gasteiger charge is 2.24. The number of carbonyl (C=O) groups is 1. The first-order valence-corrected chi connectivity index (χ1v) is 7.43. The zero-order valence-electron chi connectivity index (χ0n) is 12.5. The number of hydrogen-bond donors (Lipinski definition) is 1. The number of aryl methyl sites for hydroxylation is 1. The minimum absolute atomic E-state index is 0.137. The molecule has 1 fully saturated rings. The SMILES string of the molecule is C[C@H]1CN(C(=O)CCCc2ccc(F)c(F)c2)C[C@H](C)N1. The lowest BCUT2D eigenvalue weighted by Gasteiger charge is -2.36. The Balaban J connectivity index is 1.80. The van der Waals surface area contributed by atoms with Crippen LogP contribution >= 0.6 is 0 Å². The van der Waals surface area contributed by atoms with Crippen molar-refractivity contribution in [3.05, 3.63) is 35.4 Å². The van der Waals surface area contributed by atoms with Crippen molar-refractivity contribution < 1.29 is 13.6 Å². The van der Waals surface area contributed by atoms with Gasteiger partial charge in [-0.15, -0.1) is 0 Å². The number of nitrogens with zero attached hydrogens (tertiary/aromatic N) is 1. The molecule has 1 aromatic rings. The maximum atomic E-state index is 13.1. The number of piperazine rings is 1. The summed E-state index contributed by atoms with van der Waals surface area (Å²) in [4.78, 5) is 14.1. The minimum atomic E-state index is -0.835. The number of halogens is 2. The average Bonchev–Trinajstić information content (AvgIpc) is 2.41. The molecule has 116 valence electrons. The van der Waals surface area contributed by atoms with Crippen molar-refractivity contribution in [2.24, 2.45) is 0 Å². The van der Waals surface area contributed by atoms with E-state index in [1.54, 1.807) is 6.07 Å². The fourth-order valence-electron chi connectivity index (χ4n) is 2.83. The monoisotopic (exact) mass is 296 g/mol. The molecule has 2 atom stereocenters. The third-order valence-corrected chi connectivity index (χ3v) is 3.75. The van der Waals surface area contributed by atoms with Crippen molar-refractivity contribution in [3.63, 3.8) is 0 Å². The number of carbonyl (C=O) groups excluding carboxylic acids is 1. The molecule has 1 aromatic carbocycles. The first-order chi connectivity index (χ1) is 9.95. The van der Waals surface area contributed by atoms with E-state index in [9.17, 15) is 13.6 Å². The van der Waals surface area contributed by atoms with Crippen LogP contribution in [0, 0.1) is 11.6 Å². The highest BCUT2D eigenvalue weighted by Crippen LogP contribution is 2.13. The molecule has 0 radical (unpaired) electrons. The van der Waals surface area contributed by atoms with Crippen LogP contribution < -0.4 is 5.32 Å². The smallest absolute Gasteiger partial charge is 0.222 e. The first-order valence-electron chi connectivity index (χ1n) is 7.43. The highest BCUT2D eigenvalue weighted by molar-refractivity contribution is 5.76. The van der Waals surface area contributed by atoms with E-state index in [2.05, 4.69) is 19.2 Å². The van der Waals surface area contributed by atoms with E-state index in [1.165, 1.54) is 6.07 Å². The van der Waals surface area contributed by atoms with Crippen LogP contribution in [0.2, 0.25) is 0 Å². The van der Waals surface area contributed by atoms with E-state index in [0.29, 0.717) is 31.3 Å². The Kier molecular flexibility index (Phi) is 5.28. The van der Waals surface area contributed by atoms with Gasteiger partial charge in [0.05, 0.1) is 0 Å². The fraction of sp³-hybridized carbons (Fsp3) is 0.562. The van der Waals surface area contributed by atoms with Crippen molar-refractivity contribution in [3.8, 4) is 0 Å². The number of amides is 1. The summed E-state index contributed by atoms with van der Waals surface area (Å²) in [6, 6.07) is 4.52. The maximum Gasteiger partial charge on any atom is 0.222 e. The zero-order valence-corrected chi connectivity index (χ0v) is 12.5. The molecule has 0 aliphatic carbocycles. The third-order valence-electron chi connectivity index (χ3n) is 3.75. The summed E-state index contributed by atoms with van der Waals surface area (Å²) >= 11 is 0. The van der Waals surface area contributed by atoms with E-state index < -0.39 is 11.6 Å². The number of rotatable bonds is 4. The summed E-state index contributed by atoms with van der Waals surface area (Å²) < 4.78 is 25.9. The molecule has 1 amide bonds. The van der Waals surface area contributed by atoms with Gasteiger partial charge in [-0.3, -0.25) is 4.79 Å². The Morgan fingerprint density at radius 3 is 2.52 bits per heavy atom. The molecular weight excluding hydrogens is 274 g/mol.